The maximum Gasteiger partial charge on any atom is 0.331 e. The molecule has 43 heavy (non-hydrogen) atoms. The first-order chi connectivity index (χ1) is 20.3. The van der Waals surface area contributed by atoms with E-state index >= 15 is 0 Å². The predicted molar refractivity (Wildman–Crippen MR) is 150 cm³/mol. The highest BCUT2D eigenvalue weighted by molar-refractivity contribution is 8.01. The minimum atomic E-state index is -1.79. The molecule has 7 fully saturated rings. The Morgan fingerprint density at radius 2 is 1.88 bits per heavy atom. The van der Waals surface area contributed by atoms with Gasteiger partial charge >= 0.3 is 5.97 Å². The Kier molecular flexibility index (Phi) is 5.39. The highest BCUT2D eigenvalue weighted by atomic mass is 32.2. The SMILES string of the molecule is C[C@@H]1CC2(N=CCS2)[C@]2(O)O[C@@H]3C[C@@]4(C)[C@@H](CC5O[C@]56[C@@H]4[C@H](O)C(=O)[C@]4(C)[C@@H](C5=CC(=O)OC5)CC[C@@]46O)C[C@H]3O[C@@H]2O1. The zero-order chi connectivity index (χ0) is 29.9. The van der Waals surface area contributed by atoms with Gasteiger partial charge in [0.05, 0.1) is 29.8 Å². The first kappa shape index (κ1) is 27.9. The van der Waals surface area contributed by atoms with Crippen molar-refractivity contribution in [3.05, 3.63) is 11.6 Å². The quantitative estimate of drug-likeness (QED) is 0.221. The van der Waals surface area contributed by atoms with Crippen molar-refractivity contribution in [1.29, 1.82) is 0 Å². The zero-order valence-electron chi connectivity index (χ0n) is 24.6. The molecule has 9 rings (SSSR count). The van der Waals surface area contributed by atoms with Gasteiger partial charge in [0.1, 0.15) is 23.9 Å². The van der Waals surface area contributed by atoms with Crippen molar-refractivity contribution in [2.45, 2.75) is 118 Å². The van der Waals surface area contributed by atoms with Crippen molar-refractivity contribution < 1.29 is 48.6 Å². The minimum Gasteiger partial charge on any atom is -0.458 e. The van der Waals surface area contributed by atoms with Crippen LogP contribution in [0.5, 0.6) is 0 Å². The maximum atomic E-state index is 14.4. The largest absolute Gasteiger partial charge is 0.458 e. The van der Waals surface area contributed by atoms with E-state index in [1.807, 2.05) is 6.92 Å². The van der Waals surface area contributed by atoms with E-state index in [-0.39, 0.29) is 30.8 Å². The van der Waals surface area contributed by atoms with E-state index in [0.717, 1.165) is 0 Å². The summed E-state index contributed by atoms with van der Waals surface area (Å²) in [7, 11) is 0. The summed E-state index contributed by atoms with van der Waals surface area (Å²) < 4.78 is 31.0. The number of aliphatic hydroxyl groups is 3. The van der Waals surface area contributed by atoms with Crippen molar-refractivity contribution in [2.75, 3.05) is 12.4 Å². The molecular formula is C31H39NO10S. The summed E-state index contributed by atoms with van der Waals surface area (Å²) in [5.74, 6) is -3.06. The molecule has 15 atom stereocenters. The number of hydrogen-bond donors (Lipinski definition) is 3. The third kappa shape index (κ3) is 3.02. The lowest BCUT2D eigenvalue weighted by Crippen LogP contribution is -2.77. The lowest BCUT2D eigenvalue weighted by Gasteiger charge is -2.65. The van der Waals surface area contributed by atoms with Crippen LogP contribution in [0.3, 0.4) is 0 Å². The Morgan fingerprint density at radius 3 is 2.60 bits per heavy atom. The smallest absolute Gasteiger partial charge is 0.331 e. The van der Waals surface area contributed by atoms with Gasteiger partial charge in [0.25, 0.3) is 5.79 Å². The number of aliphatic hydroxyl groups excluding tert-OH is 1. The number of fused-ring (bicyclic) bond motifs is 6. The Labute approximate surface area is 253 Å². The standard InChI is InChI=1S/C31H39NO10S/c1-14-11-29(32-6-7-43-29)31(37)25(39-14)40-18-9-16-10-20-30(42-20)23(26(16,2)12-19(18)41-31)22(34)24(35)27(3)17(4-5-28(27,30)36)15-8-21(33)38-13-15/h6,8,14,16-20,22-23,25,34,36-37H,4-5,7,9-13H2,1-3H3/t14-,16-,17-,18-,19-,20?,22+,23-,25+,26+,27+,28-,29?,30+,31-/m1/s1. The van der Waals surface area contributed by atoms with Crippen molar-refractivity contribution in [3.8, 4) is 0 Å². The van der Waals surface area contributed by atoms with Crippen LogP contribution in [0.2, 0.25) is 0 Å². The molecule has 0 bridgehead atoms. The number of hydrogen-bond acceptors (Lipinski definition) is 12. The Morgan fingerprint density at radius 1 is 1.07 bits per heavy atom. The third-order valence-electron chi connectivity index (χ3n) is 13.3. The van der Waals surface area contributed by atoms with Gasteiger partial charge in [0.15, 0.2) is 10.7 Å². The molecule has 3 saturated heterocycles. The fraction of sp³-hybridized carbons (Fsp3) is 0.839. The molecule has 0 aromatic heterocycles. The average molecular weight is 618 g/mol. The van der Waals surface area contributed by atoms with Gasteiger partial charge in [-0.05, 0) is 68.8 Å². The second kappa shape index (κ2) is 8.31. The second-order valence-corrected chi connectivity index (χ2v) is 16.3. The number of nitrogens with zero attached hydrogens (tertiary/aromatic N) is 1. The van der Waals surface area contributed by atoms with Gasteiger partial charge in [0.2, 0.25) is 6.29 Å². The normalized spacial score (nSPS) is 61.2. The predicted octanol–water partition coefficient (Wildman–Crippen LogP) is 1.26. The number of rotatable bonds is 1. The Hall–Kier alpha value is -1.38. The fourth-order valence-electron chi connectivity index (χ4n) is 11.3. The van der Waals surface area contributed by atoms with E-state index in [1.165, 1.54) is 17.8 Å². The van der Waals surface area contributed by atoms with Gasteiger partial charge in [-0.15, -0.1) is 11.8 Å². The lowest BCUT2D eigenvalue weighted by molar-refractivity contribution is -0.446. The molecule has 4 aliphatic carbocycles. The molecule has 5 aliphatic heterocycles. The van der Waals surface area contributed by atoms with Crippen LogP contribution in [-0.2, 0) is 33.3 Å². The fourth-order valence-corrected chi connectivity index (χ4v) is 12.6. The second-order valence-electron chi connectivity index (χ2n) is 15.0. The topological polar surface area (TPSA) is 157 Å². The average Bonchev–Trinajstić information content (AvgIpc) is 3.21. The summed E-state index contributed by atoms with van der Waals surface area (Å²) in [5, 5.41) is 36.8. The summed E-state index contributed by atoms with van der Waals surface area (Å²) in [4.78, 5) is 30.1. The van der Waals surface area contributed by atoms with Crippen molar-refractivity contribution in [3.63, 3.8) is 0 Å². The number of ether oxygens (including phenoxy) is 5. The van der Waals surface area contributed by atoms with Crippen molar-refractivity contribution >= 4 is 29.7 Å². The summed E-state index contributed by atoms with van der Waals surface area (Å²) in [5.41, 5.74) is -3.91. The molecule has 11 nitrogen and oxygen atoms in total. The number of cyclic esters (lactones) is 1. The van der Waals surface area contributed by atoms with Crippen LogP contribution >= 0.6 is 11.8 Å². The van der Waals surface area contributed by atoms with Crippen LogP contribution in [0.15, 0.2) is 16.6 Å². The first-order valence-corrected chi connectivity index (χ1v) is 16.7. The van der Waals surface area contributed by atoms with Gasteiger partial charge in [-0.1, -0.05) is 6.92 Å². The first-order valence-electron chi connectivity index (χ1n) is 15.7. The zero-order valence-corrected chi connectivity index (χ0v) is 25.4. The van der Waals surface area contributed by atoms with Crippen LogP contribution in [-0.4, -0.2) is 104 Å². The number of aliphatic imine (C=N–C) groups is 1. The number of Topliss-reactive ketones (excluding diaryl/α,β-unsaturated/α-hetero) is 1. The molecule has 234 valence electrons. The number of carbonyl (C=O) groups excluding carboxylic acids is 2. The number of thioether (sulfide) groups is 1. The molecule has 0 radical (unpaired) electrons. The maximum absolute atomic E-state index is 14.4. The molecule has 2 unspecified atom stereocenters. The summed E-state index contributed by atoms with van der Waals surface area (Å²) in [6.07, 6.45) is 2.48. The molecular weight excluding hydrogens is 578 g/mol. The highest BCUT2D eigenvalue weighted by Crippen LogP contribution is 2.77. The van der Waals surface area contributed by atoms with E-state index in [4.69, 9.17) is 28.7 Å². The van der Waals surface area contributed by atoms with Crippen LogP contribution in [0.4, 0.5) is 0 Å². The lowest BCUT2D eigenvalue weighted by atomic mass is 9.41. The van der Waals surface area contributed by atoms with Gasteiger partial charge in [-0.25, -0.2) is 4.79 Å². The van der Waals surface area contributed by atoms with Crippen LogP contribution in [0.25, 0.3) is 0 Å². The highest BCUT2D eigenvalue weighted by Gasteiger charge is 2.89. The number of ketones is 1. The number of esters is 1. The number of carbonyl (C=O) groups is 2. The number of epoxide rings is 1. The van der Waals surface area contributed by atoms with Crippen molar-refractivity contribution in [1.82, 2.24) is 0 Å². The summed E-state index contributed by atoms with van der Waals surface area (Å²) in [6, 6.07) is 0. The van der Waals surface area contributed by atoms with Gasteiger partial charge in [0, 0.05) is 30.4 Å². The monoisotopic (exact) mass is 617 g/mol. The van der Waals surface area contributed by atoms with Crippen LogP contribution in [0.1, 0.15) is 59.3 Å². The molecule has 3 N–H and O–H groups in total. The summed E-state index contributed by atoms with van der Waals surface area (Å²) >= 11 is 1.53. The van der Waals surface area contributed by atoms with Crippen LogP contribution < -0.4 is 0 Å². The van der Waals surface area contributed by atoms with Gasteiger partial charge in [-0.2, -0.15) is 0 Å². The Balaban J connectivity index is 1.08. The summed E-state index contributed by atoms with van der Waals surface area (Å²) in [6.45, 7) is 5.87. The molecule has 4 saturated carbocycles. The minimum absolute atomic E-state index is 0.0270. The molecule has 0 amide bonds. The molecule has 0 aromatic rings. The van der Waals surface area contributed by atoms with E-state index in [1.54, 1.807) is 13.1 Å². The molecule has 0 aromatic carbocycles. The van der Waals surface area contributed by atoms with E-state index in [9.17, 15) is 24.9 Å². The molecule has 5 heterocycles. The van der Waals surface area contributed by atoms with Crippen molar-refractivity contribution in [2.24, 2.45) is 33.6 Å². The third-order valence-corrected chi connectivity index (χ3v) is 14.6. The van der Waals surface area contributed by atoms with Crippen LogP contribution in [0, 0.1) is 28.6 Å². The molecule has 12 heteroatoms. The Bertz CT molecular complexity index is 1390. The van der Waals surface area contributed by atoms with E-state index in [0.29, 0.717) is 49.9 Å². The van der Waals surface area contributed by atoms with E-state index < -0.39 is 74.8 Å². The van der Waals surface area contributed by atoms with E-state index in [2.05, 4.69) is 6.92 Å². The molecule has 9 aliphatic rings. The van der Waals surface area contributed by atoms with Gasteiger partial charge < -0.3 is 39.0 Å². The molecule has 2 spiro atoms. The van der Waals surface area contributed by atoms with Gasteiger partial charge in [-0.3, -0.25) is 9.79 Å².